The fourth-order valence-corrected chi connectivity index (χ4v) is 1.54. The predicted molar refractivity (Wildman–Crippen MR) is 46.5 cm³/mol. The van der Waals surface area contributed by atoms with Gasteiger partial charge < -0.3 is 14.4 Å². The summed E-state index contributed by atoms with van der Waals surface area (Å²) in [7, 11) is 0. The summed E-state index contributed by atoms with van der Waals surface area (Å²) in [6.45, 7) is 3.25. The molecule has 1 aliphatic rings. The monoisotopic (exact) mass is 183 g/mol. The Labute approximate surface area is 76.4 Å². The van der Waals surface area contributed by atoms with Gasteiger partial charge in [0, 0.05) is 20.0 Å². The van der Waals surface area contributed by atoms with Crippen molar-refractivity contribution >= 4 is 6.01 Å². The Morgan fingerprint density at radius 3 is 3.00 bits per heavy atom. The molecule has 72 valence electrons. The van der Waals surface area contributed by atoms with E-state index >= 15 is 0 Å². The third-order valence-corrected chi connectivity index (χ3v) is 2.18. The highest BCUT2D eigenvalue weighted by Gasteiger charge is 2.21. The van der Waals surface area contributed by atoms with Gasteiger partial charge >= 0.3 is 6.01 Å². The van der Waals surface area contributed by atoms with Gasteiger partial charge in [0.15, 0.2) is 0 Å². The molecule has 1 atom stereocenters. The molecule has 2 rings (SSSR count). The molecule has 13 heavy (non-hydrogen) atoms. The summed E-state index contributed by atoms with van der Waals surface area (Å²) < 4.78 is 5.26. The second-order valence-corrected chi connectivity index (χ2v) is 3.35. The molecule has 1 N–H and O–H groups in total. The third-order valence-electron chi connectivity index (χ3n) is 2.18. The Kier molecular flexibility index (Phi) is 2.18. The Hall–Kier alpha value is -1.10. The number of aromatic nitrogens is 2. The van der Waals surface area contributed by atoms with E-state index in [1.165, 1.54) is 0 Å². The quantitative estimate of drug-likeness (QED) is 0.680. The van der Waals surface area contributed by atoms with Crippen molar-refractivity contribution in [3.05, 3.63) is 5.89 Å². The lowest BCUT2D eigenvalue weighted by molar-refractivity contribution is 0.151. The minimum absolute atomic E-state index is 0.263. The van der Waals surface area contributed by atoms with Gasteiger partial charge in [-0.05, 0) is 12.8 Å². The van der Waals surface area contributed by atoms with Crippen LogP contribution in [-0.4, -0.2) is 34.5 Å². The van der Waals surface area contributed by atoms with Gasteiger partial charge in [-0.15, -0.1) is 5.10 Å². The Balaban J connectivity index is 2.08. The van der Waals surface area contributed by atoms with Crippen molar-refractivity contribution in [3.63, 3.8) is 0 Å². The average molecular weight is 183 g/mol. The van der Waals surface area contributed by atoms with Gasteiger partial charge in [0.1, 0.15) is 0 Å². The lowest BCUT2D eigenvalue weighted by Gasteiger charge is -2.28. The minimum atomic E-state index is -0.263. The molecule has 0 saturated carbocycles. The number of aliphatic hydroxyl groups is 1. The number of rotatable bonds is 1. The number of aryl methyl sites for hydroxylation is 1. The van der Waals surface area contributed by atoms with E-state index in [4.69, 9.17) is 4.42 Å². The molecule has 2 heterocycles. The molecule has 0 radical (unpaired) electrons. The van der Waals surface area contributed by atoms with E-state index in [1.807, 2.05) is 4.90 Å². The first kappa shape index (κ1) is 8.50. The van der Waals surface area contributed by atoms with Crippen molar-refractivity contribution in [3.8, 4) is 0 Å². The van der Waals surface area contributed by atoms with Crippen LogP contribution in [0.5, 0.6) is 0 Å². The molecule has 1 unspecified atom stereocenters. The molecule has 1 aliphatic heterocycles. The summed E-state index contributed by atoms with van der Waals surface area (Å²) in [5.41, 5.74) is 0. The zero-order valence-corrected chi connectivity index (χ0v) is 7.60. The minimum Gasteiger partial charge on any atom is -0.408 e. The van der Waals surface area contributed by atoms with Crippen LogP contribution in [0.3, 0.4) is 0 Å². The first-order chi connectivity index (χ1) is 6.25. The molecule has 0 bridgehead atoms. The molecule has 1 fully saturated rings. The lowest BCUT2D eigenvalue weighted by Crippen LogP contribution is -2.38. The molecule has 0 aliphatic carbocycles. The molecule has 0 aromatic carbocycles. The lowest BCUT2D eigenvalue weighted by atomic mass is 10.1. The predicted octanol–water partition coefficient (Wildman–Crippen LogP) is 0.339. The summed E-state index contributed by atoms with van der Waals surface area (Å²) in [6, 6.07) is 0.524. The summed E-state index contributed by atoms with van der Waals surface area (Å²) in [4.78, 5) is 1.92. The van der Waals surface area contributed by atoms with Gasteiger partial charge in [-0.1, -0.05) is 5.10 Å². The van der Waals surface area contributed by atoms with Crippen molar-refractivity contribution in [2.75, 3.05) is 18.0 Å². The first-order valence-electron chi connectivity index (χ1n) is 4.49. The molecule has 1 saturated heterocycles. The summed E-state index contributed by atoms with van der Waals surface area (Å²) in [6.07, 6.45) is 1.58. The maximum Gasteiger partial charge on any atom is 0.318 e. The van der Waals surface area contributed by atoms with Gasteiger partial charge in [-0.3, -0.25) is 0 Å². The van der Waals surface area contributed by atoms with Crippen LogP contribution in [0.2, 0.25) is 0 Å². The largest absolute Gasteiger partial charge is 0.408 e. The molecule has 1 aromatic heterocycles. The van der Waals surface area contributed by atoms with Crippen LogP contribution in [0.15, 0.2) is 4.42 Å². The number of hydrogen-bond donors (Lipinski definition) is 1. The standard InChI is InChI=1S/C8H13N3O2/c1-6-9-10-8(13-6)11-4-2-3-7(12)5-11/h7,12H,2-5H2,1H3. The summed E-state index contributed by atoms with van der Waals surface area (Å²) in [5.74, 6) is 0.565. The number of nitrogens with zero attached hydrogens (tertiary/aromatic N) is 3. The molecule has 0 spiro atoms. The fourth-order valence-electron chi connectivity index (χ4n) is 1.54. The van der Waals surface area contributed by atoms with Gasteiger partial charge in [-0.25, -0.2) is 0 Å². The van der Waals surface area contributed by atoms with Crippen molar-refractivity contribution in [2.24, 2.45) is 0 Å². The topological polar surface area (TPSA) is 62.4 Å². The highest BCUT2D eigenvalue weighted by Crippen LogP contribution is 2.17. The van der Waals surface area contributed by atoms with E-state index < -0.39 is 0 Å². The Morgan fingerprint density at radius 2 is 2.38 bits per heavy atom. The smallest absolute Gasteiger partial charge is 0.318 e. The number of aliphatic hydroxyl groups excluding tert-OH is 1. The highest BCUT2D eigenvalue weighted by atomic mass is 16.4. The van der Waals surface area contributed by atoms with Crippen LogP contribution in [0.1, 0.15) is 18.7 Å². The van der Waals surface area contributed by atoms with Crippen molar-refractivity contribution in [1.29, 1.82) is 0 Å². The van der Waals surface area contributed by atoms with E-state index in [0.717, 1.165) is 19.4 Å². The average Bonchev–Trinajstić information content (AvgIpc) is 2.52. The number of hydrogen-bond acceptors (Lipinski definition) is 5. The number of β-amino-alcohol motifs (C(OH)–C–C–N with tert-alkyl or cyclic N) is 1. The molecule has 0 amide bonds. The van der Waals surface area contributed by atoms with Crippen molar-refractivity contribution < 1.29 is 9.52 Å². The first-order valence-corrected chi connectivity index (χ1v) is 4.49. The Morgan fingerprint density at radius 1 is 1.54 bits per heavy atom. The number of anilines is 1. The SMILES string of the molecule is Cc1nnc(N2CCCC(O)C2)o1. The van der Waals surface area contributed by atoms with Crippen LogP contribution in [0.4, 0.5) is 6.01 Å². The van der Waals surface area contributed by atoms with Gasteiger partial charge in [0.2, 0.25) is 5.89 Å². The molecule has 1 aromatic rings. The molecule has 5 nitrogen and oxygen atoms in total. The fraction of sp³-hybridized carbons (Fsp3) is 0.750. The van der Waals surface area contributed by atoms with E-state index in [9.17, 15) is 5.11 Å². The molecule has 5 heteroatoms. The van der Waals surface area contributed by atoms with E-state index in [2.05, 4.69) is 10.2 Å². The van der Waals surface area contributed by atoms with Crippen LogP contribution < -0.4 is 4.90 Å². The summed E-state index contributed by atoms with van der Waals surface area (Å²) >= 11 is 0. The van der Waals surface area contributed by atoms with Gasteiger partial charge in [0.25, 0.3) is 0 Å². The molecular formula is C8H13N3O2. The number of piperidine rings is 1. The molecular weight excluding hydrogens is 170 g/mol. The van der Waals surface area contributed by atoms with Crippen LogP contribution in [0.25, 0.3) is 0 Å². The second kappa shape index (κ2) is 3.33. The van der Waals surface area contributed by atoms with E-state index in [1.54, 1.807) is 6.92 Å². The van der Waals surface area contributed by atoms with Gasteiger partial charge in [-0.2, -0.15) is 0 Å². The maximum atomic E-state index is 9.42. The summed E-state index contributed by atoms with van der Waals surface area (Å²) in [5, 5.41) is 17.1. The van der Waals surface area contributed by atoms with E-state index in [-0.39, 0.29) is 6.10 Å². The maximum absolute atomic E-state index is 9.42. The zero-order chi connectivity index (χ0) is 9.26. The normalized spacial score (nSPS) is 23.5. The highest BCUT2D eigenvalue weighted by molar-refractivity contribution is 5.25. The third kappa shape index (κ3) is 1.80. The van der Waals surface area contributed by atoms with Crippen molar-refractivity contribution in [2.45, 2.75) is 25.9 Å². The zero-order valence-electron chi connectivity index (χ0n) is 7.60. The van der Waals surface area contributed by atoms with Crippen LogP contribution in [0, 0.1) is 6.92 Å². The van der Waals surface area contributed by atoms with Crippen LogP contribution in [-0.2, 0) is 0 Å². The Bertz CT molecular complexity index is 287. The van der Waals surface area contributed by atoms with Gasteiger partial charge in [0.05, 0.1) is 6.10 Å². The van der Waals surface area contributed by atoms with E-state index in [0.29, 0.717) is 18.5 Å². The second-order valence-electron chi connectivity index (χ2n) is 3.35. The van der Waals surface area contributed by atoms with Crippen molar-refractivity contribution in [1.82, 2.24) is 10.2 Å². The van der Waals surface area contributed by atoms with Crippen LogP contribution >= 0.6 is 0 Å².